The molecule has 0 saturated heterocycles. The lowest BCUT2D eigenvalue weighted by Gasteiger charge is -2.09. The summed E-state index contributed by atoms with van der Waals surface area (Å²) < 4.78 is 29.2. The molecule has 11 heteroatoms. The van der Waals surface area contributed by atoms with E-state index in [9.17, 15) is 29.0 Å². The highest BCUT2D eigenvalue weighted by atomic mass is 19.1. The van der Waals surface area contributed by atoms with E-state index in [0.29, 0.717) is 4.73 Å². The Hall–Kier alpha value is -4.02. The van der Waals surface area contributed by atoms with Crippen molar-refractivity contribution in [3.05, 3.63) is 52.1 Å². The molecule has 146 valence electrons. The highest BCUT2D eigenvalue weighted by Gasteiger charge is 2.21. The minimum absolute atomic E-state index is 0.0769. The minimum atomic E-state index is -1.30. The van der Waals surface area contributed by atoms with Crippen molar-refractivity contribution in [1.29, 1.82) is 0 Å². The first kappa shape index (κ1) is 18.8. The number of hydrogen-bond donors (Lipinski definition) is 2. The molecule has 3 aromatic rings. The molecule has 0 bridgehead atoms. The summed E-state index contributed by atoms with van der Waals surface area (Å²) in [6.45, 7) is 0.690. The van der Waals surface area contributed by atoms with Crippen LogP contribution in [-0.4, -0.2) is 33.7 Å². The average molecular weight is 393 g/mol. The summed E-state index contributed by atoms with van der Waals surface area (Å²) in [4.78, 5) is 39.6. The Bertz CT molecular complexity index is 1110. The fourth-order valence-corrected chi connectivity index (χ4v) is 2.19. The van der Waals surface area contributed by atoms with Crippen LogP contribution in [0.15, 0.2) is 39.5 Å². The van der Waals surface area contributed by atoms with E-state index in [4.69, 9.17) is 14.0 Å². The summed E-state index contributed by atoms with van der Waals surface area (Å²) in [5.41, 5.74) is -2.06. The second-order valence-corrected chi connectivity index (χ2v) is 5.39. The number of carbonyl (C=O) groups is 2. The van der Waals surface area contributed by atoms with Crippen LogP contribution in [0.2, 0.25) is 0 Å². The first-order valence-corrected chi connectivity index (χ1v) is 7.62. The summed E-state index contributed by atoms with van der Waals surface area (Å²) in [7, 11) is 0. The summed E-state index contributed by atoms with van der Waals surface area (Å²) in [5, 5.41) is 18.7. The zero-order valence-corrected chi connectivity index (χ0v) is 14.2. The number of carbonyl (C=O) groups excluding carboxylic acids is 2. The summed E-state index contributed by atoms with van der Waals surface area (Å²) >= 11 is 0. The lowest BCUT2D eigenvalue weighted by molar-refractivity contribution is -0.147. The van der Waals surface area contributed by atoms with E-state index in [0.717, 1.165) is 31.2 Å². The topological polar surface area (TPSA) is 137 Å². The third kappa shape index (κ3) is 3.72. The van der Waals surface area contributed by atoms with Gasteiger partial charge in [0, 0.05) is 31.2 Å². The number of fused-ring (bicyclic) bond motifs is 1. The largest absolute Gasteiger partial charge is 0.492 e. The van der Waals surface area contributed by atoms with Crippen LogP contribution >= 0.6 is 0 Å². The number of aromatic hydroxyl groups is 2. The Morgan fingerprint density at radius 2 is 1.86 bits per heavy atom. The molecule has 0 atom stereocenters. The number of nitrogens with zero attached hydrogens (tertiary/aromatic N) is 1. The molecule has 0 aliphatic rings. The number of aromatic nitrogens is 1. The van der Waals surface area contributed by atoms with Crippen LogP contribution in [0.5, 0.6) is 17.5 Å². The predicted molar refractivity (Wildman–Crippen MR) is 88.4 cm³/mol. The molecular weight excluding hydrogens is 381 g/mol. The molecule has 0 fully saturated rings. The van der Waals surface area contributed by atoms with Gasteiger partial charge in [-0.15, -0.1) is 4.73 Å². The van der Waals surface area contributed by atoms with Gasteiger partial charge < -0.3 is 28.9 Å². The van der Waals surface area contributed by atoms with Crippen LogP contribution in [0.4, 0.5) is 4.39 Å². The standard InChI is InChI=1S/C17H12FNO9/c1-8(20)25-7-26-9-4-12(18)10-6-11(16(23)27-13(10)5-9)17(24)28-19-14(21)2-3-15(19)22/h2-6,21-22H,7H2,1H3. The molecule has 2 heterocycles. The molecule has 2 aromatic heterocycles. The lowest BCUT2D eigenvalue weighted by Crippen LogP contribution is -2.24. The van der Waals surface area contributed by atoms with Crippen LogP contribution in [0, 0.1) is 5.82 Å². The Balaban J connectivity index is 1.92. The van der Waals surface area contributed by atoms with Crippen LogP contribution < -0.4 is 15.2 Å². The third-order valence-electron chi connectivity index (χ3n) is 3.46. The molecule has 0 radical (unpaired) electrons. The molecule has 0 aliphatic carbocycles. The Kier molecular flexibility index (Phi) is 4.90. The zero-order chi connectivity index (χ0) is 20.4. The van der Waals surface area contributed by atoms with Gasteiger partial charge in [-0.25, -0.2) is 14.0 Å². The average Bonchev–Trinajstić information content (AvgIpc) is 2.92. The number of halogens is 1. The van der Waals surface area contributed by atoms with Crippen molar-refractivity contribution in [2.45, 2.75) is 6.92 Å². The number of ether oxygens (including phenoxy) is 2. The number of esters is 1. The van der Waals surface area contributed by atoms with Gasteiger partial charge in [-0.05, 0) is 6.07 Å². The van der Waals surface area contributed by atoms with Crippen molar-refractivity contribution in [2.75, 3.05) is 6.79 Å². The van der Waals surface area contributed by atoms with Gasteiger partial charge in [-0.2, -0.15) is 0 Å². The molecule has 3 rings (SSSR count). The molecule has 1 aromatic carbocycles. The smallest absolute Gasteiger partial charge is 0.371 e. The molecule has 10 nitrogen and oxygen atoms in total. The van der Waals surface area contributed by atoms with Gasteiger partial charge >= 0.3 is 17.6 Å². The van der Waals surface area contributed by atoms with Crippen LogP contribution in [-0.2, 0) is 9.53 Å². The monoisotopic (exact) mass is 393 g/mol. The zero-order valence-electron chi connectivity index (χ0n) is 14.2. The SMILES string of the molecule is CC(=O)OCOc1cc(F)c2cc(C(=O)On3c(O)ccc3O)c(=O)oc2c1. The van der Waals surface area contributed by atoms with Gasteiger partial charge in [-0.3, -0.25) is 4.79 Å². The molecule has 2 N–H and O–H groups in total. The van der Waals surface area contributed by atoms with E-state index in [1.54, 1.807) is 0 Å². The van der Waals surface area contributed by atoms with E-state index < -0.39 is 47.5 Å². The second-order valence-electron chi connectivity index (χ2n) is 5.39. The summed E-state index contributed by atoms with van der Waals surface area (Å²) in [6.07, 6.45) is 0. The predicted octanol–water partition coefficient (Wildman–Crippen LogP) is 1.31. The number of rotatable bonds is 5. The maximum atomic E-state index is 14.3. The van der Waals surface area contributed by atoms with Crippen LogP contribution in [0.1, 0.15) is 17.3 Å². The molecule has 0 saturated carbocycles. The maximum absolute atomic E-state index is 14.3. The third-order valence-corrected chi connectivity index (χ3v) is 3.46. The molecule has 0 spiro atoms. The van der Waals surface area contributed by atoms with Crippen molar-refractivity contribution in [2.24, 2.45) is 0 Å². The van der Waals surface area contributed by atoms with Crippen LogP contribution in [0.3, 0.4) is 0 Å². The Morgan fingerprint density at radius 1 is 1.18 bits per heavy atom. The highest BCUT2D eigenvalue weighted by molar-refractivity contribution is 5.93. The van der Waals surface area contributed by atoms with Crippen LogP contribution in [0.25, 0.3) is 11.0 Å². The normalized spacial score (nSPS) is 10.6. The number of hydrogen-bond acceptors (Lipinski definition) is 9. The fraction of sp³-hybridized carbons (Fsp3) is 0.118. The quantitative estimate of drug-likeness (QED) is 0.373. The molecule has 0 amide bonds. The van der Waals surface area contributed by atoms with Gasteiger partial charge in [0.15, 0.2) is 0 Å². The summed E-state index contributed by atoms with van der Waals surface area (Å²) in [6, 6.07) is 5.09. The van der Waals surface area contributed by atoms with E-state index in [1.165, 1.54) is 6.07 Å². The van der Waals surface area contributed by atoms with Crippen molar-refractivity contribution in [1.82, 2.24) is 4.73 Å². The van der Waals surface area contributed by atoms with Gasteiger partial charge in [0.25, 0.3) is 0 Å². The fourth-order valence-electron chi connectivity index (χ4n) is 2.19. The van der Waals surface area contributed by atoms with Gasteiger partial charge in [0.05, 0.1) is 5.39 Å². The van der Waals surface area contributed by atoms with Crippen molar-refractivity contribution < 1.29 is 42.9 Å². The van der Waals surface area contributed by atoms with Crippen molar-refractivity contribution in [3.63, 3.8) is 0 Å². The Labute approximate surface area is 154 Å². The van der Waals surface area contributed by atoms with E-state index >= 15 is 0 Å². The van der Waals surface area contributed by atoms with E-state index in [1.807, 2.05) is 0 Å². The molecule has 0 aliphatic heterocycles. The number of benzene rings is 1. The van der Waals surface area contributed by atoms with Gasteiger partial charge in [0.1, 0.15) is 22.7 Å². The second kappa shape index (κ2) is 7.31. The first-order chi connectivity index (χ1) is 13.3. The van der Waals surface area contributed by atoms with E-state index in [-0.39, 0.29) is 16.7 Å². The Morgan fingerprint density at radius 3 is 2.50 bits per heavy atom. The van der Waals surface area contributed by atoms with Gasteiger partial charge in [0.2, 0.25) is 18.6 Å². The minimum Gasteiger partial charge on any atom is -0.492 e. The summed E-state index contributed by atoms with van der Waals surface area (Å²) in [5.74, 6) is -4.07. The molecular formula is C17H12FNO9. The molecule has 28 heavy (non-hydrogen) atoms. The van der Waals surface area contributed by atoms with E-state index in [2.05, 4.69) is 4.74 Å². The highest BCUT2D eigenvalue weighted by Crippen LogP contribution is 2.25. The molecule has 0 unspecified atom stereocenters. The van der Waals surface area contributed by atoms with Gasteiger partial charge in [-0.1, -0.05) is 0 Å². The van der Waals surface area contributed by atoms with Crippen molar-refractivity contribution >= 4 is 22.9 Å². The first-order valence-electron chi connectivity index (χ1n) is 7.62. The maximum Gasteiger partial charge on any atom is 0.371 e. The van der Waals surface area contributed by atoms with Crippen molar-refractivity contribution in [3.8, 4) is 17.5 Å². The lowest BCUT2D eigenvalue weighted by atomic mass is 10.1.